The van der Waals surface area contributed by atoms with Gasteiger partial charge in [0, 0.05) is 38.7 Å². The molecule has 0 saturated carbocycles. The maximum Gasteiger partial charge on any atom is 0.136 e. The van der Waals surface area contributed by atoms with Crippen molar-refractivity contribution in [2.24, 2.45) is 0 Å². The Morgan fingerprint density at radius 1 is 0.339 bits per heavy atom. The molecule has 0 unspecified atom stereocenters. The van der Waals surface area contributed by atoms with Gasteiger partial charge < -0.3 is 9.32 Å². The molecule has 1 heterocycles. The van der Waals surface area contributed by atoms with Crippen molar-refractivity contribution >= 4 is 39.0 Å². The smallest absolute Gasteiger partial charge is 0.136 e. The van der Waals surface area contributed by atoms with Crippen molar-refractivity contribution in [3.63, 3.8) is 0 Å². The van der Waals surface area contributed by atoms with Crippen molar-refractivity contribution in [2.45, 2.75) is 38.5 Å². The van der Waals surface area contributed by atoms with Gasteiger partial charge in [0.05, 0.1) is 0 Å². The second-order valence-corrected chi connectivity index (χ2v) is 18.1. The summed E-state index contributed by atoms with van der Waals surface area (Å²) < 4.78 is 6.27. The normalized spacial score (nSPS) is 14.1. The molecule has 62 heavy (non-hydrogen) atoms. The third kappa shape index (κ3) is 5.43. The van der Waals surface area contributed by atoms with Gasteiger partial charge in [0.25, 0.3) is 0 Å². The van der Waals surface area contributed by atoms with Gasteiger partial charge in [0.1, 0.15) is 11.2 Å². The van der Waals surface area contributed by atoms with E-state index in [-0.39, 0.29) is 10.8 Å². The van der Waals surface area contributed by atoms with Gasteiger partial charge >= 0.3 is 0 Å². The summed E-state index contributed by atoms with van der Waals surface area (Å²) in [5.74, 6) is 0. The Hall–Kier alpha value is -7.42. The molecule has 2 nitrogen and oxygen atoms in total. The van der Waals surface area contributed by atoms with Crippen LogP contribution in [0.2, 0.25) is 0 Å². The van der Waals surface area contributed by atoms with Crippen LogP contribution in [0.1, 0.15) is 49.9 Å². The fourth-order valence-electron chi connectivity index (χ4n) is 10.8. The molecular formula is C60H45NO. The van der Waals surface area contributed by atoms with Crippen molar-refractivity contribution in [1.82, 2.24) is 0 Å². The van der Waals surface area contributed by atoms with Crippen LogP contribution in [0.5, 0.6) is 0 Å². The zero-order chi connectivity index (χ0) is 41.7. The van der Waals surface area contributed by atoms with Gasteiger partial charge in [-0.05, 0) is 132 Å². The first-order valence-electron chi connectivity index (χ1n) is 21.8. The Morgan fingerprint density at radius 2 is 0.806 bits per heavy atom. The zero-order valence-corrected chi connectivity index (χ0v) is 35.4. The van der Waals surface area contributed by atoms with Gasteiger partial charge in [0.15, 0.2) is 0 Å². The number of benzene rings is 9. The van der Waals surface area contributed by atoms with Gasteiger partial charge in [-0.1, -0.05) is 173 Å². The molecule has 0 radical (unpaired) electrons. The lowest BCUT2D eigenvalue weighted by Gasteiger charge is -2.27. The van der Waals surface area contributed by atoms with Crippen LogP contribution in [0.25, 0.3) is 77.6 Å². The Balaban J connectivity index is 0.940. The molecule has 0 saturated heterocycles. The number of nitrogens with zero attached hydrogens (tertiary/aromatic N) is 1. The van der Waals surface area contributed by atoms with Crippen LogP contribution < -0.4 is 4.90 Å². The number of rotatable bonds is 6. The molecule has 0 spiro atoms. The standard InChI is InChI=1S/C60H45NO/c1-59(2)52-19-8-5-13-47(52)49-36-29-41(37-54(49)59)38-23-30-42(31-24-38)61(43-32-25-39(26-33-43)45-16-12-22-56-57(45)51-15-7-10-21-55(51)62-56)44-34-27-40(28-35-44)46-17-11-18-50-48-14-6-9-20-53(48)60(3,4)58(46)50/h5-37H,1-4H3. The number of para-hydroxylation sites is 1. The minimum atomic E-state index is -0.0949. The third-order valence-corrected chi connectivity index (χ3v) is 13.9. The number of hydrogen-bond donors (Lipinski definition) is 0. The van der Waals surface area contributed by atoms with E-state index in [1.807, 2.05) is 12.1 Å². The molecule has 2 aliphatic carbocycles. The maximum atomic E-state index is 6.27. The minimum absolute atomic E-state index is 0.0488. The molecule has 0 atom stereocenters. The average Bonchev–Trinajstić information content (AvgIpc) is 3.90. The lowest BCUT2D eigenvalue weighted by molar-refractivity contribution is 0.660. The van der Waals surface area contributed by atoms with Crippen LogP contribution in [0.3, 0.4) is 0 Å². The van der Waals surface area contributed by atoms with E-state index >= 15 is 0 Å². The highest BCUT2D eigenvalue weighted by Gasteiger charge is 2.38. The average molecular weight is 796 g/mol. The van der Waals surface area contributed by atoms with Crippen LogP contribution >= 0.6 is 0 Å². The van der Waals surface area contributed by atoms with Gasteiger partial charge in [-0.15, -0.1) is 0 Å². The Morgan fingerprint density at radius 3 is 1.50 bits per heavy atom. The van der Waals surface area contributed by atoms with E-state index in [0.717, 1.165) is 44.6 Å². The van der Waals surface area contributed by atoms with Crippen molar-refractivity contribution < 1.29 is 4.42 Å². The van der Waals surface area contributed by atoms with E-state index in [4.69, 9.17) is 4.42 Å². The van der Waals surface area contributed by atoms with Gasteiger partial charge in [-0.3, -0.25) is 0 Å². The van der Waals surface area contributed by atoms with Crippen LogP contribution in [-0.4, -0.2) is 0 Å². The lowest BCUT2D eigenvalue weighted by atomic mass is 9.79. The highest BCUT2D eigenvalue weighted by atomic mass is 16.3. The number of fused-ring (bicyclic) bond motifs is 9. The molecule has 1 aromatic heterocycles. The van der Waals surface area contributed by atoms with Crippen LogP contribution in [-0.2, 0) is 10.8 Å². The summed E-state index contributed by atoms with van der Waals surface area (Å²) in [4.78, 5) is 2.38. The largest absolute Gasteiger partial charge is 0.456 e. The highest BCUT2D eigenvalue weighted by Crippen LogP contribution is 2.53. The molecule has 9 aromatic carbocycles. The van der Waals surface area contributed by atoms with Crippen molar-refractivity contribution in [3.8, 4) is 55.6 Å². The second-order valence-electron chi connectivity index (χ2n) is 18.1. The molecule has 0 aliphatic heterocycles. The molecule has 12 rings (SSSR count). The van der Waals surface area contributed by atoms with Crippen molar-refractivity contribution in [2.75, 3.05) is 4.90 Å². The summed E-state index contributed by atoms with van der Waals surface area (Å²) in [6.45, 7) is 9.43. The summed E-state index contributed by atoms with van der Waals surface area (Å²) in [7, 11) is 0. The first kappa shape index (κ1) is 36.4. The summed E-state index contributed by atoms with van der Waals surface area (Å²) in [5.41, 5.74) is 23.2. The third-order valence-electron chi connectivity index (χ3n) is 13.9. The molecule has 296 valence electrons. The molecule has 0 bridgehead atoms. The van der Waals surface area contributed by atoms with E-state index in [9.17, 15) is 0 Å². The van der Waals surface area contributed by atoms with Crippen molar-refractivity contribution in [1.29, 1.82) is 0 Å². The SMILES string of the molecule is CC1(C)c2ccccc2-c2ccc(-c3ccc(N(c4ccc(-c5cccc6c5C(C)(C)c5ccccc5-6)cc4)c4ccc(-c5cccc6oc7ccccc7c56)cc4)cc3)cc21. The molecule has 0 N–H and O–H groups in total. The maximum absolute atomic E-state index is 6.27. The van der Waals surface area contributed by atoms with E-state index < -0.39 is 0 Å². The van der Waals surface area contributed by atoms with E-state index in [1.165, 1.54) is 72.3 Å². The molecule has 0 amide bonds. The minimum Gasteiger partial charge on any atom is -0.456 e. The Labute approximate surface area is 363 Å². The molecule has 10 aromatic rings. The number of anilines is 3. The van der Waals surface area contributed by atoms with Crippen LogP contribution in [0, 0.1) is 0 Å². The molecule has 2 aliphatic rings. The van der Waals surface area contributed by atoms with E-state index in [0.29, 0.717) is 0 Å². The van der Waals surface area contributed by atoms with Crippen molar-refractivity contribution in [3.05, 3.63) is 222 Å². The molecule has 2 heteroatoms. The predicted molar refractivity (Wildman–Crippen MR) is 260 cm³/mol. The number of hydrogen-bond acceptors (Lipinski definition) is 2. The van der Waals surface area contributed by atoms with Gasteiger partial charge in [-0.2, -0.15) is 0 Å². The number of furan rings is 1. The summed E-state index contributed by atoms with van der Waals surface area (Å²) >= 11 is 0. The molecular weight excluding hydrogens is 751 g/mol. The topological polar surface area (TPSA) is 16.4 Å². The monoisotopic (exact) mass is 795 g/mol. The van der Waals surface area contributed by atoms with Crippen LogP contribution in [0.15, 0.2) is 205 Å². The van der Waals surface area contributed by atoms with Crippen LogP contribution in [0.4, 0.5) is 17.1 Å². The quantitative estimate of drug-likeness (QED) is 0.167. The Bertz CT molecular complexity index is 3380. The molecule has 0 fully saturated rings. The van der Waals surface area contributed by atoms with Gasteiger partial charge in [-0.25, -0.2) is 0 Å². The highest BCUT2D eigenvalue weighted by molar-refractivity contribution is 6.12. The second kappa shape index (κ2) is 13.5. The summed E-state index contributed by atoms with van der Waals surface area (Å²) in [5, 5.41) is 2.29. The lowest BCUT2D eigenvalue weighted by Crippen LogP contribution is -2.16. The fraction of sp³-hybridized carbons (Fsp3) is 0.100. The first-order valence-corrected chi connectivity index (χ1v) is 21.8. The fourth-order valence-corrected chi connectivity index (χ4v) is 10.8. The Kier molecular flexibility index (Phi) is 7.96. The van der Waals surface area contributed by atoms with E-state index in [2.05, 4.69) is 221 Å². The van der Waals surface area contributed by atoms with E-state index in [1.54, 1.807) is 0 Å². The predicted octanol–water partition coefficient (Wildman–Crippen LogP) is 16.7. The first-order chi connectivity index (χ1) is 30.3. The summed E-state index contributed by atoms with van der Waals surface area (Å²) in [6.07, 6.45) is 0. The van der Waals surface area contributed by atoms with Gasteiger partial charge in [0.2, 0.25) is 0 Å². The summed E-state index contributed by atoms with van der Waals surface area (Å²) in [6, 6.07) is 73.5. The zero-order valence-electron chi connectivity index (χ0n) is 35.4.